The van der Waals surface area contributed by atoms with E-state index in [1.54, 1.807) is 6.92 Å². The van der Waals surface area contributed by atoms with Gasteiger partial charge in [0.05, 0.1) is 12.2 Å². The number of nitrogens with zero attached hydrogens (tertiary/aromatic N) is 1. The lowest BCUT2D eigenvalue weighted by atomic mass is 10.0. The molecule has 3 unspecified atom stereocenters. The molecule has 2 heterocycles. The van der Waals surface area contributed by atoms with Crippen molar-refractivity contribution in [3.8, 4) is 0 Å². The van der Waals surface area contributed by atoms with Gasteiger partial charge in [-0.1, -0.05) is 0 Å². The van der Waals surface area contributed by atoms with Gasteiger partial charge in [-0.25, -0.2) is 9.18 Å². The lowest BCUT2D eigenvalue weighted by molar-refractivity contribution is -0.0952. The van der Waals surface area contributed by atoms with E-state index in [-0.39, 0.29) is 13.0 Å². The van der Waals surface area contributed by atoms with Crippen molar-refractivity contribution in [3.63, 3.8) is 0 Å². The molecule has 17 heavy (non-hydrogen) atoms. The number of hydrogen-bond donors (Lipinski definition) is 2. The molecule has 0 radical (unpaired) electrons. The van der Waals surface area contributed by atoms with E-state index in [4.69, 9.17) is 9.84 Å². The lowest BCUT2D eigenvalue weighted by Crippen LogP contribution is -2.35. The number of H-pyrrole nitrogens is 1. The van der Waals surface area contributed by atoms with Crippen LogP contribution in [0.3, 0.4) is 0 Å². The second kappa shape index (κ2) is 4.08. The van der Waals surface area contributed by atoms with Crippen molar-refractivity contribution >= 4 is 0 Å². The summed E-state index contributed by atoms with van der Waals surface area (Å²) in [7, 11) is 0. The van der Waals surface area contributed by atoms with Gasteiger partial charge in [-0.2, -0.15) is 0 Å². The molecule has 1 aromatic heterocycles. The molecule has 2 N–H and O–H groups in total. The number of nitrogens with one attached hydrogen (secondary N) is 1. The average Bonchev–Trinajstić information content (AvgIpc) is 2.55. The van der Waals surface area contributed by atoms with Gasteiger partial charge in [-0.15, -0.1) is 0 Å². The number of aliphatic hydroxyl groups excluding tert-OH is 1. The summed E-state index contributed by atoms with van der Waals surface area (Å²) in [5.41, 5.74) is -2.28. The van der Waals surface area contributed by atoms with Gasteiger partial charge in [0.15, 0.2) is 6.23 Å². The third-order valence-corrected chi connectivity index (χ3v) is 2.80. The smallest absolute Gasteiger partial charge is 0.330 e. The zero-order valence-corrected chi connectivity index (χ0v) is 9.22. The molecular formula is C10H13FN2O4. The Morgan fingerprint density at radius 2 is 2.41 bits per heavy atom. The van der Waals surface area contributed by atoms with Crippen LogP contribution in [-0.2, 0) is 4.74 Å². The van der Waals surface area contributed by atoms with Crippen molar-refractivity contribution in [1.29, 1.82) is 0 Å². The van der Waals surface area contributed by atoms with E-state index in [9.17, 15) is 14.0 Å². The summed E-state index contributed by atoms with van der Waals surface area (Å²) in [6.07, 6.45) is -1.34. The molecule has 7 heteroatoms. The van der Waals surface area contributed by atoms with Gasteiger partial charge in [-0.3, -0.25) is 14.3 Å². The van der Waals surface area contributed by atoms with Crippen LogP contribution in [0.25, 0.3) is 0 Å². The first-order valence-electron chi connectivity index (χ1n) is 5.19. The van der Waals surface area contributed by atoms with Crippen LogP contribution < -0.4 is 11.2 Å². The molecule has 0 aromatic carbocycles. The van der Waals surface area contributed by atoms with Crippen molar-refractivity contribution in [2.24, 2.45) is 0 Å². The summed E-state index contributed by atoms with van der Waals surface area (Å²) in [5.74, 6) is 0. The molecule has 0 amide bonds. The fourth-order valence-corrected chi connectivity index (χ4v) is 1.89. The molecule has 1 saturated heterocycles. The van der Waals surface area contributed by atoms with Crippen molar-refractivity contribution in [1.82, 2.24) is 9.55 Å². The van der Waals surface area contributed by atoms with Crippen LogP contribution in [-0.4, -0.2) is 33.0 Å². The molecule has 1 fully saturated rings. The molecule has 1 aliphatic heterocycles. The molecule has 0 aliphatic carbocycles. The van der Waals surface area contributed by atoms with Crippen LogP contribution in [0.4, 0.5) is 4.39 Å². The first-order valence-corrected chi connectivity index (χ1v) is 5.19. The number of ether oxygens (including phenoxy) is 1. The fourth-order valence-electron chi connectivity index (χ4n) is 1.89. The molecule has 0 bridgehead atoms. The number of rotatable bonds is 2. The molecule has 1 aliphatic rings. The maximum absolute atomic E-state index is 13.7. The van der Waals surface area contributed by atoms with E-state index in [1.165, 1.54) is 6.20 Å². The molecule has 94 valence electrons. The van der Waals surface area contributed by atoms with Crippen molar-refractivity contribution in [2.75, 3.05) is 6.61 Å². The third-order valence-electron chi connectivity index (χ3n) is 2.80. The minimum atomic E-state index is -1.41. The molecule has 0 spiro atoms. The normalized spacial score (nSPS) is 32.9. The van der Waals surface area contributed by atoms with E-state index in [0.717, 1.165) is 10.6 Å². The molecule has 2 rings (SSSR count). The quantitative estimate of drug-likeness (QED) is 0.737. The summed E-state index contributed by atoms with van der Waals surface area (Å²) >= 11 is 0. The Labute approximate surface area is 95.7 Å². The van der Waals surface area contributed by atoms with Crippen LogP contribution in [0.15, 0.2) is 21.9 Å². The summed E-state index contributed by atoms with van der Waals surface area (Å²) in [5, 5.41) is 9.08. The van der Waals surface area contributed by atoms with Crippen LogP contribution in [0, 0.1) is 0 Å². The summed E-state index contributed by atoms with van der Waals surface area (Å²) in [6.45, 7) is 1.23. The number of aliphatic hydroxyl groups is 1. The number of aromatic nitrogens is 2. The highest BCUT2D eigenvalue weighted by molar-refractivity contribution is 4.93. The van der Waals surface area contributed by atoms with Gasteiger partial charge in [-0.05, 0) is 6.92 Å². The Morgan fingerprint density at radius 3 is 2.94 bits per heavy atom. The maximum Gasteiger partial charge on any atom is 0.330 e. The minimum Gasteiger partial charge on any atom is -0.393 e. The number of hydrogen-bond acceptors (Lipinski definition) is 4. The summed E-state index contributed by atoms with van der Waals surface area (Å²) in [4.78, 5) is 24.4. The highest BCUT2D eigenvalue weighted by Gasteiger charge is 2.44. The zero-order chi connectivity index (χ0) is 12.6. The SMILES string of the molecule is CC1(CO)CC(F)C(n2ccc(=O)[nH]c2=O)O1. The third kappa shape index (κ3) is 2.16. The Bertz CT molecular complexity index is 526. The van der Waals surface area contributed by atoms with Gasteiger partial charge in [0.25, 0.3) is 5.56 Å². The Hall–Kier alpha value is -1.47. The maximum atomic E-state index is 13.7. The topological polar surface area (TPSA) is 84.3 Å². The first kappa shape index (κ1) is 12.0. The standard InChI is InChI=1S/C10H13FN2O4/c1-10(5-14)4-6(11)8(17-10)13-3-2-7(15)12-9(13)16/h2-3,6,8,14H,4-5H2,1H3,(H,12,15,16). The van der Waals surface area contributed by atoms with Crippen molar-refractivity contribution < 1.29 is 14.2 Å². The number of aromatic amines is 1. The first-order chi connectivity index (χ1) is 7.95. The Morgan fingerprint density at radius 1 is 1.71 bits per heavy atom. The predicted octanol–water partition coefficient (Wildman–Crippen LogP) is -0.455. The zero-order valence-electron chi connectivity index (χ0n) is 9.22. The monoisotopic (exact) mass is 244 g/mol. The van der Waals surface area contributed by atoms with Gasteiger partial charge in [0, 0.05) is 18.7 Å². The summed E-state index contributed by atoms with van der Waals surface area (Å²) in [6, 6.07) is 1.12. The van der Waals surface area contributed by atoms with Gasteiger partial charge in [0.1, 0.15) is 6.17 Å². The number of alkyl halides is 1. The Kier molecular flexibility index (Phi) is 2.88. The van der Waals surface area contributed by atoms with Crippen molar-refractivity contribution in [3.05, 3.63) is 33.1 Å². The predicted molar refractivity (Wildman–Crippen MR) is 56.4 cm³/mol. The van der Waals surface area contributed by atoms with Crippen LogP contribution >= 0.6 is 0 Å². The van der Waals surface area contributed by atoms with E-state index in [2.05, 4.69) is 0 Å². The van der Waals surface area contributed by atoms with E-state index in [0.29, 0.717) is 0 Å². The second-order valence-corrected chi connectivity index (χ2v) is 4.35. The highest BCUT2D eigenvalue weighted by atomic mass is 19.1. The largest absolute Gasteiger partial charge is 0.393 e. The molecule has 6 nitrogen and oxygen atoms in total. The van der Waals surface area contributed by atoms with Crippen LogP contribution in [0.1, 0.15) is 19.6 Å². The van der Waals surface area contributed by atoms with Crippen LogP contribution in [0.5, 0.6) is 0 Å². The van der Waals surface area contributed by atoms with Crippen molar-refractivity contribution in [2.45, 2.75) is 31.3 Å². The molecular weight excluding hydrogens is 231 g/mol. The fraction of sp³-hybridized carbons (Fsp3) is 0.600. The van der Waals surface area contributed by atoms with E-state index in [1.807, 2.05) is 4.98 Å². The average molecular weight is 244 g/mol. The number of halogens is 1. The van der Waals surface area contributed by atoms with E-state index >= 15 is 0 Å². The van der Waals surface area contributed by atoms with Gasteiger partial charge >= 0.3 is 5.69 Å². The van der Waals surface area contributed by atoms with Crippen LogP contribution in [0.2, 0.25) is 0 Å². The second-order valence-electron chi connectivity index (χ2n) is 4.35. The van der Waals surface area contributed by atoms with E-state index < -0.39 is 29.2 Å². The molecule has 0 saturated carbocycles. The van der Waals surface area contributed by atoms with Gasteiger partial charge < -0.3 is 9.84 Å². The highest BCUT2D eigenvalue weighted by Crippen LogP contribution is 2.37. The van der Waals surface area contributed by atoms with Gasteiger partial charge in [0.2, 0.25) is 0 Å². The molecule has 1 aromatic rings. The Balaban J connectivity index is 2.35. The molecule has 3 atom stereocenters. The summed E-state index contributed by atoms with van der Waals surface area (Å²) < 4.78 is 20.1. The lowest BCUT2D eigenvalue weighted by Gasteiger charge is -2.21. The minimum absolute atomic E-state index is 0.000265.